The smallest absolute Gasteiger partial charge is 0.235 e. The summed E-state index contributed by atoms with van der Waals surface area (Å²) in [4.78, 5) is 13.9. The van der Waals surface area contributed by atoms with Crippen molar-refractivity contribution in [2.75, 3.05) is 6.54 Å². The van der Waals surface area contributed by atoms with E-state index in [1.807, 2.05) is 18.2 Å². The number of nitro groups is 1. The Morgan fingerprint density at radius 2 is 2.06 bits per heavy atom. The third kappa shape index (κ3) is 2.14. The zero-order chi connectivity index (χ0) is 11.5. The second kappa shape index (κ2) is 4.24. The molecule has 2 rings (SSSR count). The summed E-state index contributed by atoms with van der Waals surface area (Å²) in [6, 6.07) is 10.8. The van der Waals surface area contributed by atoms with Crippen molar-refractivity contribution < 1.29 is 10.0 Å². The summed E-state index contributed by atoms with van der Waals surface area (Å²) >= 11 is 0. The Morgan fingerprint density at radius 3 is 2.81 bits per heavy atom. The Kier molecular flexibility index (Phi) is 2.78. The van der Waals surface area contributed by atoms with E-state index in [0.717, 1.165) is 10.9 Å². The van der Waals surface area contributed by atoms with E-state index in [1.54, 1.807) is 18.2 Å². The van der Waals surface area contributed by atoms with Gasteiger partial charge in [-0.3, -0.25) is 10.1 Å². The van der Waals surface area contributed by atoms with Gasteiger partial charge < -0.3 is 5.11 Å². The van der Waals surface area contributed by atoms with Crippen LogP contribution in [0, 0.1) is 10.1 Å². The molecule has 1 aromatic heterocycles. The molecule has 0 saturated heterocycles. The number of aromatic nitrogens is 1. The maximum atomic E-state index is 10.3. The number of hydrogen-bond donors (Lipinski definition) is 1. The minimum atomic E-state index is -1.15. The van der Waals surface area contributed by atoms with Crippen LogP contribution < -0.4 is 0 Å². The van der Waals surface area contributed by atoms with Gasteiger partial charge in [0.15, 0.2) is 6.10 Å². The van der Waals surface area contributed by atoms with Crippen LogP contribution in [0.2, 0.25) is 0 Å². The maximum Gasteiger partial charge on any atom is 0.235 e. The Bertz CT molecular complexity index is 527. The first-order valence-electron chi connectivity index (χ1n) is 4.82. The van der Waals surface area contributed by atoms with E-state index in [0.29, 0.717) is 5.69 Å². The highest BCUT2D eigenvalue weighted by molar-refractivity contribution is 5.78. The predicted molar refractivity (Wildman–Crippen MR) is 58.6 cm³/mol. The lowest BCUT2D eigenvalue weighted by molar-refractivity contribution is -0.491. The minimum Gasteiger partial charge on any atom is -0.380 e. The normalized spacial score (nSPS) is 12.6. The molecule has 1 aromatic carbocycles. The molecule has 1 heterocycles. The van der Waals surface area contributed by atoms with Crippen LogP contribution in [0.3, 0.4) is 0 Å². The van der Waals surface area contributed by atoms with E-state index < -0.39 is 17.6 Å². The Balaban J connectivity index is 2.35. The van der Waals surface area contributed by atoms with Crippen LogP contribution in [0.25, 0.3) is 10.9 Å². The third-order valence-corrected chi connectivity index (χ3v) is 2.28. The molecule has 2 aromatic rings. The van der Waals surface area contributed by atoms with Gasteiger partial charge in [-0.2, -0.15) is 0 Å². The van der Waals surface area contributed by atoms with Gasteiger partial charge in [-0.1, -0.05) is 24.3 Å². The third-order valence-electron chi connectivity index (χ3n) is 2.28. The average Bonchev–Trinajstić information content (AvgIpc) is 2.27. The number of hydrogen-bond acceptors (Lipinski definition) is 4. The molecule has 0 aliphatic carbocycles. The topological polar surface area (TPSA) is 76.3 Å². The molecule has 0 spiro atoms. The standard InChI is InChI=1S/C11H10N2O3/c14-11(7-13(15)16)10-6-5-8-3-1-2-4-9(8)12-10/h1-6,11,14H,7H2/t11-/m1/s1. The molecule has 0 unspecified atom stereocenters. The lowest BCUT2D eigenvalue weighted by Crippen LogP contribution is -2.13. The predicted octanol–water partition coefficient (Wildman–Crippen LogP) is 1.54. The van der Waals surface area contributed by atoms with Gasteiger partial charge in [-0.05, 0) is 12.1 Å². The van der Waals surface area contributed by atoms with Gasteiger partial charge in [0.1, 0.15) is 0 Å². The molecule has 0 bridgehead atoms. The molecule has 0 aliphatic rings. The molecule has 0 amide bonds. The summed E-state index contributed by atoms with van der Waals surface area (Å²) in [5, 5.41) is 20.8. The van der Waals surface area contributed by atoms with Crippen molar-refractivity contribution in [3.8, 4) is 0 Å². The summed E-state index contributed by atoms with van der Waals surface area (Å²) < 4.78 is 0. The van der Waals surface area contributed by atoms with Gasteiger partial charge in [-0.15, -0.1) is 0 Å². The highest BCUT2D eigenvalue weighted by atomic mass is 16.6. The fraction of sp³-hybridized carbons (Fsp3) is 0.182. The molecule has 16 heavy (non-hydrogen) atoms. The molecule has 1 atom stereocenters. The van der Waals surface area contributed by atoms with Gasteiger partial charge in [0.25, 0.3) is 0 Å². The molecule has 0 fully saturated rings. The highest BCUT2D eigenvalue weighted by Crippen LogP contribution is 2.16. The first-order valence-corrected chi connectivity index (χ1v) is 4.82. The second-order valence-electron chi connectivity index (χ2n) is 3.46. The molecule has 82 valence electrons. The lowest BCUT2D eigenvalue weighted by atomic mass is 10.1. The first-order chi connectivity index (χ1) is 7.66. The number of nitrogens with zero attached hydrogens (tertiary/aromatic N) is 2. The van der Waals surface area contributed by atoms with E-state index >= 15 is 0 Å². The van der Waals surface area contributed by atoms with Crippen molar-refractivity contribution in [2.24, 2.45) is 0 Å². The van der Waals surface area contributed by atoms with Gasteiger partial charge in [0, 0.05) is 10.3 Å². The van der Waals surface area contributed by atoms with Gasteiger partial charge >= 0.3 is 0 Å². The summed E-state index contributed by atoms with van der Waals surface area (Å²) in [5.41, 5.74) is 1.05. The number of benzene rings is 1. The lowest BCUT2D eigenvalue weighted by Gasteiger charge is -2.06. The summed E-state index contributed by atoms with van der Waals surface area (Å²) in [6.07, 6.45) is -1.15. The van der Waals surface area contributed by atoms with Crippen LogP contribution >= 0.6 is 0 Å². The minimum absolute atomic E-state index is 0.329. The Labute approximate surface area is 91.5 Å². The SMILES string of the molecule is O=[N+]([O-])C[C@@H](O)c1ccc2ccccc2n1. The first kappa shape index (κ1) is 10.5. The van der Waals surface area contributed by atoms with Crippen LogP contribution in [0.1, 0.15) is 11.8 Å². The van der Waals surface area contributed by atoms with E-state index in [4.69, 9.17) is 0 Å². The average molecular weight is 218 g/mol. The second-order valence-corrected chi connectivity index (χ2v) is 3.46. The van der Waals surface area contributed by atoms with Crippen molar-refractivity contribution in [2.45, 2.75) is 6.10 Å². The number of pyridine rings is 1. The molecular formula is C11H10N2O3. The number of rotatable bonds is 3. The van der Waals surface area contributed by atoms with E-state index in [1.165, 1.54) is 0 Å². The van der Waals surface area contributed by atoms with Crippen LogP contribution in [-0.2, 0) is 0 Å². The van der Waals surface area contributed by atoms with Crippen molar-refractivity contribution in [3.63, 3.8) is 0 Å². The molecular weight excluding hydrogens is 208 g/mol. The number of aliphatic hydroxyl groups is 1. The highest BCUT2D eigenvalue weighted by Gasteiger charge is 2.15. The molecule has 0 radical (unpaired) electrons. The quantitative estimate of drug-likeness (QED) is 0.626. The van der Waals surface area contributed by atoms with E-state index in [-0.39, 0.29) is 0 Å². The van der Waals surface area contributed by atoms with Crippen molar-refractivity contribution in [1.82, 2.24) is 4.98 Å². The van der Waals surface area contributed by atoms with Gasteiger partial charge in [-0.25, -0.2) is 4.98 Å². The van der Waals surface area contributed by atoms with Crippen molar-refractivity contribution in [1.29, 1.82) is 0 Å². The van der Waals surface area contributed by atoms with Gasteiger partial charge in [0.05, 0.1) is 11.2 Å². The molecule has 0 saturated carbocycles. The van der Waals surface area contributed by atoms with Crippen molar-refractivity contribution in [3.05, 3.63) is 52.2 Å². The largest absolute Gasteiger partial charge is 0.380 e. The number of para-hydroxylation sites is 1. The van der Waals surface area contributed by atoms with E-state index in [2.05, 4.69) is 4.98 Å². The Morgan fingerprint density at radius 1 is 1.31 bits per heavy atom. The van der Waals surface area contributed by atoms with Crippen LogP contribution in [0.15, 0.2) is 36.4 Å². The van der Waals surface area contributed by atoms with Crippen LogP contribution in [0.5, 0.6) is 0 Å². The van der Waals surface area contributed by atoms with Gasteiger partial charge in [0.2, 0.25) is 6.54 Å². The summed E-state index contributed by atoms with van der Waals surface area (Å²) in [7, 11) is 0. The molecule has 0 aliphatic heterocycles. The monoisotopic (exact) mass is 218 g/mol. The van der Waals surface area contributed by atoms with Crippen LogP contribution in [0.4, 0.5) is 0 Å². The fourth-order valence-corrected chi connectivity index (χ4v) is 1.50. The molecule has 5 nitrogen and oxygen atoms in total. The zero-order valence-corrected chi connectivity index (χ0v) is 8.41. The molecule has 5 heteroatoms. The maximum absolute atomic E-state index is 10.3. The van der Waals surface area contributed by atoms with Crippen LogP contribution in [-0.4, -0.2) is 21.6 Å². The molecule has 1 N–H and O–H groups in total. The summed E-state index contributed by atoms with van der Waals surface area (Å²) in [6.45, 7) is -0.522. The van der Waals surface area contributed by atoms with Crippen molar-refractivity contribution >= 4 is 10.9 Å². The zero-order valence-electron chi connectivity index (χ0n) is 8.41. The van der Waals surface area contributed by atoms with E-state index in [9.17, 15) is 15.2 Å². The number of aliphatic hydroxyl groups excluding tert-OH is 1. The number of fused-ring (bicyclic) bond motifs is 1. The Hall–Kier alpha value is -2.01. The fourth-order valence-electron chi connectivity index (χ4n) is 1.50. The summed E-state index contributed by atoms with van der Waals surface area (Å²) in [5.74, 6) is 0.